The van der Waals surface area contributed by atoms with Gasteiger partial charge in [-0.25, -0.2) is 0 Å². The first-order valence-corrected chi connectivity index (χ1v) is 6.50. The Bertz CT molecular complexity index is 411. The van der Waals surface area contributed by atoms with Crippen molar-refractivity contribution in [1.29, 1.82) is 0 Å². The van der Waals surface area contributed by atoms with Gasteiger partial charge in [0, 0.05) is 19.1 Å². The number of rotatable bonds is 3. The van der Waals surface area contributed by atoms with Crippen molar-refractivity contribution < 1.29 is 9.53 Å². The SMILES string of the molecule is CC(C)n1ncc(Br)c1C(=O)C1CNCCO1. The Labute approximate surface area is 109 Å². The summed E-state index contributed by atoms with van der Waals surface area (Å²) in [5, 5.41) is 7.36. The molecule has 0 aliphatic carbocycles. The van der Waals surface area contributed by atoms with E-state index in [4.69, 9.17) is 4.74 Å². The zero-order valence-electron chi connectivity index (χ0n) is 9.94. The quantitative estimate of drug-likeness (QED) is 0.858. The van der Waals surface area contributed by atoms with E-state index >= 15 is 0 Å². The second-order valence-corrected chi connectivity index (χ2v) is 5.16. The van der Waals surface area contributed by atoms with E-state index in [0.29, 0.717) is 18.8 Å². The van der Waals surface area contributed by atoms with Crippen molar-refractivity contribution in [3.63, 3.8) is 0 Å². The number of nitrogens with one attached hydrogen (secondary N) is 1. The molecule has 1 saturated heterocycles. The van der Waals surface area contributed by atoms with E-state index in [1.807, 2.05) is 13.8 Å². The molecular weight excluding hydrogens is 286 g/mol. The van der Waals surface area contributed by atoms with Gasteiger partial charge in [-0.05, 0) is 29.8 Å². The third kappa shape index (κ3) is 2.59. The normalized spacial score (nSPS) is 20.8. The van der Waals surface area contributed by atoms with Gasteiger partial charge >= 0.3 is 0 Å². The standard InChI is InChI=1S/C11H16BrN3O2/c1-7(2)15-10(8(12)5-14-15)11(16)9-6-13-3-4-17-9/h5,7,9,13H,3-4,6H2,1-2H3. The number of halogens is 1. The lowest BCUT2D eigenvalue weighted by atomic mass is 10.1. The molecule has 1 fully saturated rings. The first-order chi connectivity index (χ1) is 8.11. The fourth-order valence-corrected chi connectivity index (χ4v) is 2.32. The Kier molecular flexibility index (Phi) is 3.96. The summed E-state index contributed by atoms with van der Waals surface area (Å²) >= 11 is 3.37. The van der Waals surface area contributed by atoms with Crippen molar-refractivity contribution in [1.82, 2.24) is 15.1 Å². The van der Waals surface area contributed by atoms with Crippen LogP contribution in [0.2, 0.25) is 0 Å². The third-order valence-electron chi connectivity index (χ3n) is 2.69. The van der Waals surface area contributed by atoms with Gasteiger partial charge in [0.25, 0.3) is 0 Å². The summed E-state index contributed by atoms with van der Waals surface area (Å²) in [6.07, 6.45) is 1.25. The van der Waals surface area contributed by atoms with Gasteiger partial charge in [0.15, 0.2) is 0 Å². The van der Waals surface area contributed by atoms with Crippen LogP contribution in [0, 0.1) is 0 Å². The lowest BCUT2D eigenvalue weighted by Crippen LogP contribution is -2.43. The summed E-state index contributed by atoms with van der Waals surface area (Å²) in [5.41, 5.74) is 0.591. The van der Waals surface area contributed by atoms with Crippen LogP contribution in [0.4, 0.5) is 0 Å². The molecule has 5 nitrogen and oxygen atoms in total. The highest BCUT2D eigenvalue weighted by atomic mass is 79.9. The second-order valence-electron chi connectivity index (χ2n) is 4.31. The molecule has 0 bridgehead atoms. The van der Waals surface area contributed by atoms with Crippen molar-refractivity contribution in [2.24, 2.45) is 0 Å². The third-order valence-corrected chi connectivity index (χ3v) is 3.27. The van der Waals surface area contributed by atoms with Gasteiger partial charge in [-0.1, -0.05) is 0 Å². The van der Waals surface area contributed by atoms with Crippen molar-refractivity contribution in [3.8, 4) is 0 Å². The molecule has 1 atom stereocenters. The minimum atomic E-state index is -0.408. The van der Waals surface area contributed by atoms with Crippen molar-refractivity contribution in [3.05, 3.63) is 16.4 Å². The Morgan fingerprint density at radius 1 is 1.71 bits per heavy atom. The largest absolute Gasteiger partial charge is 0.367 e. The summed E-state index contributed by atoms with van der Waals surface area (Å²) in [5.74, 6) is -0.0183. The maximum atomic E-state index is 12.4. The van der Waals surface area contributed by atoms with Gasteiger partial charge in [0.05, 0.1) is 17.3 Å². The maximum absolute atomic E-state index is 12.4. The van der Waals surface area contributed by atoms with E-state index in [2.05, 4.69) is 26.3 Å². The Hall–Kier alpha value is -0.720. The fraction of sp³-hybridized carbons (Fsp3) is 0.636. The number of hydrogen-bond acceptors (Lipinski definition) is 4. The van der Waals surface area contributed by atoms with Gasteiger partial charge in [-0.3, -0.25) is 9.48 Å². The van der Waals surface area contributed by atoms with E-state index in [1.165, 1.54) is 0 Å². The van der Waals surface area contributed by atoms with Gasteiger partial charge < -0.3 is 10.1 Å². The maximum Gasteiger partial charge on any atom is 0.211 e. The summed E-state index contributed by atoms with van der Waals surface area (Å²) < 4.78 is 7.93. The zero-order valence-corrected chi connectivity index (χ0v) is 11.5. The molecule has 1 N–H and O–H groups in total. The second kappa shape index (κ2) is 5.29. The number of nitrogens with zero attached hydrogens (tertiary/aromatic N) is 2. The Balaban J connectivity index is 2.26. The number of ether oxygens (including phenoxy) is 1. The highest BCUT2D eigenvalue weighted by molar-refractivity contribution is 9.10. The molecular formula is C11H16BrN3O2. The molecule has 2 rings (SSSR count). The molecule has 1 unspecified atom stereocenters. The number of hydrogen-bond donors (Lipinski definition) is 1. The molecule has 94 valence electrons. The first kappa shape index (κ1) is 12.7. The minimum absolute atomic E-state index is 0.0183. The molecule has 2 heterocycles. The molecule has 1 aromatic heterocycles. The number of aromatic nitrogens is 2. The first-order valence-electron chi connectivity index (χ1n) is 5.70. The monoisotopic (exact) mass is 301 g/mol. The van der Waals surface area contributed by atoms with Crippen molar-refractivity contribution >= 4 is 21.7 Å². The van der Waals surface area contributed by atoms with Gasteiger partial charge in [0.1, 0.15) is 11.8 Å². The average Bonchev–Trinajstić information content (AvgIpc) is 2.71. The number of carbonyl (C=O) groups is 1. The number of Topliss-reactive ketones (excluding diaryl/α,β-unsaturated/α-hetero) is 1. The van der Waals surface area contributed by atoms with E-state index in [9.17, 15) is 4.79 Å². The van der Waals surface area contributed by atoms with Crippen LogP contribution >= 0.6 is 15.9 Å². The van der Waals surface area contributed by atoms with Gasteiger partial charge in [0.2, 0.25) is 5.78 Å². The van der Waals surface area contributed by atoms with E-state index in [-0.39, 0.29) is 11.8 Å². The lowest BCUT2D eigenvalue weighted by molar-refractivity contribution is 0.0259. The summed E-state index contributed by atoms with van der Waals surface area (Å²) in [4.78, 5) is 12.4. The molecule has 1 aliphatic rings. The van der Waals surface area contributed by atoms with E-state index < -0.39 is 6.10 Å². The van der Waals surface area contributed by atoms with Crippen LogP contribution in [0.1, 0.15) is 30.4 Å². The van der Waals surface area contributed by atoms with Crippen LogP contribution in [0.25, 0.3) is 0 Å². The number of ketones is 1. The lowest BCUT2D eigenvalue weighted by Gasteiger charge is -2.23. The topological polar surface area (TPSA) is 56.2 Å². The van der Waals surface area contributed by atoms with Crippen LogP contribution in [-0.4, -0.2) is 41.4 Å². The average molecular weight is 302 g/mol. The molecule has 17 heavy (non-hydrogen) atoms. The molecule has 0 spiro atoms. The predicted octanol–water partition coefficient (Wildman–Crippen LogP) is 1.40. The van der Waals surface area contributed by atoms with Crippen LogP contribution in [0.3, 0.4) is 0 Å². The van der Waals surface area contributed by atoms with Crippen LogP contribution in [-0.2, 0) is 4.74 Å². The Morgan fingerprint density at radius 2 is 2.47 bits per heavy atom. The van der Waals surface area contributed by atoms with Crippen molar-refractivity contribution in [2.75, 3.05) is 19.7 Å². The number of morpholine rings is 1. The van der Waals surface area contributed by atoms with Gasteiger partial charge in [-0.2, -0.15) is 5.10 Å². The summed E-state index contributed by atoms with van der Waals surface area (Å²) in [6, 6.07) is 0.150. The van der Waals surface area contributed by atoms with E-state index in [0.717, 1.165) is 11.0 Å². The highest BCUT2D eigenvalue weighted by Gasteiger charge is 2.28. The smallest absolute Gasteiger partial charge is 0.211 e. The molecule has 0 amide bonds. The summed E-state index contributed by atoms with van der Waals surface area (Å²) in [7, 11) is 0. The fourth-order valence-electron chi connectivity index (χ4n) is 1.85. The molecule has 1 aliphatic heterocycles. The molecule has 6 heteroatoms. The molecule has 0 radical (unpaired) electrons. The van der Waals surface area contributed by atoms with E-state index in [1.54, 1.807) is 10.9 Å². The number of carbonyl (C=O) groups excluding carboxylic acids is 1. The minimum Gasteiger partial charge on any atom is -0.367 e. The predicted molar refractivity (Wildman–Crippen MR) is 67.3 cm³/mol. The van der Waals surface area contributed by atoms with Gasteiger partial charge in [-0.15, -0.1) is 0 Å². The zero-order chi connectivity index (χ0) is 12.4. The molecule has 0 aromatic carbocycles. The van der Waals surface area contributed by atoms with Crippen LogP contribution in [0.5, 0.6) is 0 Å². The van der Waals surface area contributed by atoms with Crippen LogP contribution < -0.4 is 5.32 Å². The molecule has 1 aromatic rings. The summed E-state index contributed by atoms with van der Waals surface area (Å²) in [6.45, 7) is 5.93. The van der Waals surface area contributed by atoms with Crippen molar-refractivity contribution in [2.45, 2.75) is 26.0 Å². The van der Waals surface area contributed by atoms with Crippen LogP contribution in [0.15, 0.2) is 10.7 Å². The molecule has 0 saturated carbocycles. The highest BCUT2D eigenvalue weighted by Crippen LogP contribution is 2.22. The Morgan fingerprint density at radius 3 is 3.06 bits per heavy atom.